The maximum absolute atomic E-state index is 11.5. The van der Waals surface area contributed by atoms with Gasteiger partial charge in [0.25, 0.3) is 5.79 Å². The van der Waals surface area contributed by atoms with Crippen LogP contribution in [0.25, 0.3) is 0 Å². The van der Waals surface area contributed by atoms with Crippen molar-refractivity contribution in [1.29, 1.82) is 0 Å². The summed E-state index contributed by atoms with van der Waals surface area (Å²) in [5.74, 6) is -0.260. The summed E-state index contributed by atoms with van der Waals surface area (Å²) in [6.45, 7) is 5.22. The van der Waals surface area contributed by atoms with Crippen LogP contribution in [0.1, 0.15) is 36.7 Å². The molecule has 1 aromatic carbocycles. The fourth-order valence-corrected chi connectivity index (χ4v) is 2.18. The normalized spacial score (nSPS) is 34.7. The van der Waals surface area contributed by atoms with E-state index < -0.39 is 11.4 Å². The first-order valence-electron chi connectivity index (χ1n) is 5.18. The molecule has 1 saturated heterocycles. The molecule has 2 aliphatic heterocycles. The van der Waals surface area contributed by atoms with E-state index in [9.17, 15) is 4.79 Å². The third-order valence-electron chi connectivity index (χ3n) is 3.44. The molecule has 0 spiro atoms. The van der Waals surface area contributed by atoms with Crippen molar-refractivity contribution in [2.75, 3.05) is 0 Å². The zero-order valence-corrected chi connectivity index (χ0v) is 9.37. The van der Waals surface area contributed by atoms with Crippen molar-refractivity contribution in [2.24, 2.45) is 0 Å². The summed E-state index contributed by atoms with van der Waals surface area (Å²) in [5.41, 5.74) is 0.823. The molecule has 4 nitrogen and oxygen atoms in total. The Labute approximate surface area is 93.0 Å². The van der Waals surface area contributed by atoms with Gasteiger partial charge in [0.05, 0.1) is 5.56 Å². The Morgan fingerprint density at radius 3 is 2.56 bits per heavy atom. The van der Waals surface area contributed by atoms with Gasteiger partial charge in [0.1, 0.15) is 5.75 Å². The summed E-state index contributed by atoms with van der Waals surface area (Å²) in [5, 5.41) is 0. The highest BCUT2D eigenvalue weighted by Crippen LogP contribution is 2.57. The highest BCUT2D eigenvalue weighted by Gasteiger charge is 2.67. The van der Waals surface area contributed by atoms with Gasteiger partial charge in [0.15, 0.2) is 11.4 Å². The fraction of sp³-hybridized carbons (Fsp3) is 0.417. The minimum Gasteiger partial charge on any atom is -0.455 e. The third-order valence-corrected chi connectivity index (χ3v) is 3.44. The van der Waals surface area contributed by atoms with Gasteiger partial charge in [-0.3, -0.25) is 4.79 Å². The van der Waals surface area contributed by atoms with Gasteiger partial charge >= 0.3 is 0 Å². The molecule has 0 aliphatic carbocycles. The smallest absolute Gasteiger partial charge is 0.273 e. The van der Waals surface area contributed by atoms with Crippen LogP contribution in [0.15, 0.2) is 18.2 Å². The zero-order chi connectivity index (χ0) is 11.6. The zero-order valence-electron chi connectivity index (χ0n) is 9.37. The average molecular weight is 220 g/mol. The molecule has 0 radical (unpaired) electrons. The second-order valence-electron chi connectivity index (χ2n) is 4.49. The Hall–Kier alpha value is -1.39. The van der Waals surface area contributed by atoms with Crippen LogP contribution in [0.5, 0.6) is 5.75 Å². The molecular weight excluding hydrogens is 208 g/mol. The Bertz CT molecular complexity index is 496. The summed E-state index contributed by atoms with van der Waals surface area (Å²) in [6.07, 6.45) is 0. The number of hydrogen-bond acceptors (Lipinski definition) is 4. The quantitative estimate of drug-likeness (QED) is 0.537. The van der Waals surface area contributed by atoms with Crippen molar-refractivity contribution in [3.63, 3.8) is 0 Å². The van der Waals surface area contributed by atoms with Gasteiger partial charge in [-0.05, 0) is 19.9 Å². The SMILES string of the molecule is CC(=O)c1cccc2c1OC1(C)OOC21C. The molecule has 0 bridgehead atoms. The average Bonchev–Trinajstić information content (AvgIpc) is 2.39. The topological polar surface area (TPSA) is 44.8 Å². The largest absolute Gasteiger partial charge is 0.455 e. The van der Waals surface area contributed by atoms with E-state index in [1.165, 1.54) is 6.92 Å². The van der Waals surface area contributed by atoms with Gasteiger partial charge in [-0.25, -0.2) is 4.89 Å². The Morgan fingerprint density at radius 1 is 1.25 bits per heavy atom. The van der Waals surface area contributed by atoms with E-state index in [0.29, 0.717) is 11.3 Å². The summed E-state index contributed by atoms with van der Waals surface area (Å²) < 4.78 is 5.72. The summed E-state index contributed by atoms with van der Waals surface area (Å²) in [6, 6.07) is 5.48. The molecule has 2 heterocycles. The molecule has 2 atom stereocenters. The van der Waals surface area contributed by atoms with Gasteiger partial charge in [-0.2, -0.15) is 4.89 Å². The maximum atomic E-state index is 11.5. The van der Waals surface area contributed by atoms with Crippen molar-refractivity contribution in [1.82, 2.24) is 0 Å². The van der Waals surface area contributed by atoms with Gasteiger partial charge in [-0.15, -0.1) is 0 Å². The van der Waals surface area contributed by atoms with Crippen LogP contribution in [0, 0.1) is 0 Å². The Morgan fingerprint density at radius 2 is 2.00 bits per heavy atom. The molecule has 84 valence electrons. The standard InChI is InChI=1S/C12H12O4/c1-7(13)8-5-4-6-9-10(8)14-12(3)11(9,2)15-16-12/h4-6H,1-3H3. The van der Waals surface area contributed by atoms with Crippen LogP contribution in [-0.4, -0.2) is 11.6 Å². The second-order valence-corrected chi connectivity index (χ2v) is 4.49. The van der Waals surface area contributed by atoms with E-state index in [0.717, 1.165) is 5.56 Å². The van der Waals surface area contributed by atoms with E-state index >= 15 is 0 Å². The van der Waals surface area contributed by atoms with E-state index in [4.69, 9.17) is 14.5 Å². The van der Waals surface area contributed by atoms with Crippen LogP contribution < -0.4 is 4.74 Å². The van der Waals surface area contributed by atoms with Gasteiger partial charge < -0.3 is 4.74 Å². The van der Waals surface area contributed by atoms with E-state index in [1.54, 1.807) is 13.0 Å². The lowest BCUT2D eigenvalue weighted by atomic mass is 9.88. The molecule has 16 heavy (non-hydrogen) atoms. The summed E-state index contributed by atoms with van der Waals surface area (Å²) in [4.78, 5) is 21.7. The van der Waals surface area contributed by atoms with Crippen molar-refractivity contribution in [2.45, 2.75) is 32.2 Å². The predicted molar refractivity (Wildman–Crippen MR) is 55.0 cm³/mol. The number of ketones is 1. The van der Waals surface area contributed by atoms with E-state index in [-0.39, 0.29) is 5.78 Å². The fourth-order valence-electron chi connectivity index (χ4n) is 2.18. The molecular formula is C12H12O4. The minimum absolute atomic E-state index is 0.0228. The molecule has 2 aliphatic rings. The Balaban J connectivity index is 2.23. The summed E-state index contributed by atoms with van der Waals surface area (Å²) in [7, 11) is 0. The number of benzene rings is 1. The maximum Gasteiger partial charge on any atom is 0.273 e. The molecule has 4 heteroatoms. The van der Waals surface area contributed by atoms with Crippen LogP contribution in [0.3, 0.4) is 0 Å². The molecule has 0 amide bonds. The van der Waals surface area contributed by atoms with Gasteiger partial charge in [0, 0.05) is 12.5 Å². The minimum atomic E-state index is -0.819. The number of rotatable bonds is 1. The highest BCUT2D eigenvalue weighted by atomic mass is 17.3. The number of Topliss-reactive ketones (excluding diaryl/α,β-unsaturated/α-hetero) is 1. The molecule has 2 unspecified atom stereocenters. The number of hydrogen-bond donors (Lipinski definition) is 0. The number of fused-ring (bicyclic) bond motifs is 3. The lowest BCUT2D eigenvalue weighted by Gasteiger charge is -2.45. The van der Waals surface area contributed by atoms with Crippen LogP contribution in [0.2, 0.25) is 0 Å². The second kappa shape index (κ2) is 2.64. The molecule has 1 fully saturated rings. The Kier molecular flexibility index (Phi) is 1.62. The lowest BCUT2D eigenvalue weighted by Crippen LogP contribution is -2.60. The van der Waals surface area contributed by atoms with Gasteiger partial charge in [-0.1, -0.05) is 12.1 Å². The predicted octanol–water partition coefficient (Wildman–Crippen LogP) is 2.17. The van der Waals surface area contributed by atoms with E-state index in [1.807, 2.05) is 19.1 Å². The van der Waals surface area contributed by atoms with Crippen molar-refractivity contribution < 1.29 is 19.3 Å². The molecule has 0 N–H and O–H groups in total. The number of carbonyl (C=O) groups is 1. The summed E-state index contributed by atoms with van der Waals surface area (Å²) >= 11 is 0. The molecule has 0 saturated carbocycles. The monoisotopic (exact) mass is 220 g/mol. The first-order valence-corrected chi connectivity index (χ1v) is 5.18. The number of carbonyl (C=O) groups excluding carboxylic acids is 1. The van der Waals surface area contributed by atoms with Crippen molar-refractivity contribution >= 4 is 5.78 Å². The molecule has 3 rings (SSSR count). The number of ether oxygens (including phenoxy) is 1. The van der Waals surface area contributed by atoms with Crippen LogP contribution in [0.4, 0.5) is 0 Å². The molecule has 1 aromatic rings. The third kappa shape index (κ3) is 0.894. The number of para-hydroxylation sites is 1. The highest BCUT2D eigenvalue weighted by molar-refractivity contribution is 5.97. The van der Waals surface area contributed by atoms with Crippen molar-refractivity contribution in [3.8, 4) is 5.75 Å². The first kappa shape index (κ1) is 9.81. The molecule has 0 aromatic heterocycles. The van der Waals surface area contributed by atoms with Crippen molar-refractivity contribution in [3.05, 3.63) is 29.3 Å². The first-order chi connectivity index (χ1) is 7.48. The van der Waals surface area contributed by atoms with Gasteiger partial charge in [0.2, 0.25) is 0 Å². The van der Waals surface area contributed by atoms with E-state index in [2.05, 4.69) is 0 Å². The van der Waals surface area contributed by atoms with Crippen LogP contribution in [-0.2, 0) is 15.4 Å². The van der Waals surface area contributed by atoms with Crippen LogP contribution >= 0.6 is 0 Å². The lowest BCUT2D eigenvalue weighted by molar-refractivity contribution is -0.587.